The Bertz CT molecular complexity index is 927. The molecular formula is C26H36N4O2. The van der Waals surface area contributed by atoms with Gasteiger partial charge in [-0.25, -0.2) is 4.79 Å². The number of anilines is 1. The van der Waals surface area contributed by atoms with E-state index in [0.29, 0.717) is 12.6 Å². The summed E-state index contributed by atoms with van der Waals surface area (Å²) >= 11 is 0. The average Bonchev–Trinajstić information content (AvgIpc) is 3.58. The van der Waals surface area contributed by atoms with E-state index >= 15 is 0 Å². The molecule has 0 unspecified atom stereocenters. The number of para-hydroxylation sites is 1. The molecule has 1 N–H and O–H groups in total. The molecule has 1 aromatic carbocycles. The van der Waals surface area contributed by atoms with Crippen LogP contribution in [0.15, 0.2) is 42.6 Å². The summed E-state index contributed by atoms with van der Waals surface area (Å²) in [4.78, 5) is 30.7. The van der Waals surface area contributed by atoms with Crippen molar-refractivity contribution in [2.45, 2.75) is 76.9 Å². The Morgan fingerprint density at radius 1 is 0.969 bits per heavy atom. The third-order valence-corrected chi connectivity index (χ3v) is 6.91. The van der Waals surface area contributed by atoms with E-state index in [1.54, 1.807) is 0 Å². The number of benzene rings is 1. The highest BCUT2D eigenvalue weighted by molar-refractivity contribution is 5.93. The number of nitrogens with zero attached hydrogens (tertiary/aromatic N) is 3. The number of carbonyl (C=O) groups excluding carboxylic acids is 2. The number of aryl methyl sites for hydroxylation is 2. The lowest BCUT2D eigenvalue weighted by Gasteiger charge is -2.35. The summed E-state index contributed by atoms with van der Waals surface area (Å²) < 4.78 is 2.07. The molecule has 1 heterocycles. The SMILES string of the molecule is CCc1ccccc1NC(=O)N(CC(=O)N(Cc1cccn1C)C1CC1)C1CCCCC1. The van der Waals surface area contributed by atoms with Crippen LogP contribution in [0.4, 0.5) is 10.5 Å². The highest BCUT2D eigenvalue weighted by Crippen LogP contribution is 2.30. The molecule has 0 saturated heterocycles. The zero-order valence-electron chi connectivity index (χ0n) is 19.4. The number of rotatable bonds is 8. The first-order chi connectivity index (χ1) is 15.6. The molecule has 1 aromatic heterocycles. The number of carbonyl (C=O) groups is 2. The van der Waals surface area contributed by atoms with Crippen molar-refractivity contribution in [1.82, 2.24) is 14.4 Å². The minimum absolute atomic E-state index is 0.0539. The summed E-state index contributed by atoms with van der Waals surface area (Å²) in [6, 6.07) is 12.3. The molecular weight excluding hydrogens is 400 g/mol. The minimum Gasteiger partial charge on any atom is -0.353 e. The van der Waals surface area contributed by atoms with E-state index in [1.165, 1.54) is 6.42 Å². The zero-order valence-corrected chi connectivity index (χ0v) is 19.4. The van der Waals surface area contributed by atoms with Crippen molar-refractivity contribution in [3.63, 3.8) is 0 Å². The number of amides is 3. The quantitative estimate of drug-likeness (QED) is 0.637. The number of hydrogen-bond acceptors (Lipinski definition) is 2. The monoisotopic (exact) mass is 436 g/mol. The Morgan fingerprint density at radius 2 is 1.69 bits per heavy atom. The number of nitrogens with one attached hydrogen (secondary N) is 1. The molecule has 4 rings (SSSR count). The van der Waals surface area contributed by atoms with Crippen LogP contribution < -0.4 is 5.32 Å². The maximum atomic E-state index is 13.5. The van der Waals surface area contributed by atoms with Crippen LogP contribution in [0, 0.1) is 0 Å². The van der Waals surface area contributed by atoms with Gasteiger partial charge in [-0.1, -0.05) is 44.4 Å². The molecule has 6 heteroatoms. The molecule has 2 aliphatic rings. The van der Waals surface area contributed by atoms with E-state index in [9.17, 15) is 9.59 Å². The van der Waals surface area contributed by atoms with E-state index < -0.39 is 0 Å². The first-order valence-corrected chi connectivity index (χ1v) is 12.1. The fourth-order valence-corrected chi connectivity index (χ4v) is 4.78. The van der Waals surface area contributed by atoms with Crippen molar-refractivity contribution in [1.29, 1.82) is 0 Å². The van der Waals surface area contributed by atoms with Crippen LogP contribution in [-0.4, -0.2) is 44.9 Å². The molecule has 0 atom stereocenters. The molecule has 32 heavy (non-hydrogen) atoms. The van der Waals surface area contributed by atoms with Gasteiger partial charge in [-0.15, -0.1) is 0 Å². The topological polar surface area (TPSA) is 57.6 Å². The fourth-order valence-electron chi connectivity index (χ4n) is 4.78. The molecule has 0 aliphatic heterocycles. The second-order valence-corrected chi connectivity index (χ2v) is 9.22. The van der Waals surface area contributed by atoms with Gasteiger partial charge in [0.2, 0.25) is 5.91 Å². The Hall–Kier alpha value is -2.76. The smallest absolute Gasteiger partial charge is 0.322 e. The van der Waals surface area contributed by atoms with Gasteiger partial charge in [-0.2, -0.15) is 0 Å². The lowest BCUT2D eigenvalue weighted by molar-refractivity contribution is -0.133. The standard InChI is InChI=1S/C26H36N4O2/c1-3-20-10-7-8-14-24(20)27-26(32)30(21-11-5-4-6-12-21)19-25(31)29(22-15-16-22)18-23-13-9-17-28(23)2/h7-10,13-14,17,21-22H,3-6,11-12,15-16,18-19H2,1-2H3,(H,27,32). The maximum absolute atomic E-state index is 13.5. The Kier molecular flexibility index (Phi) is 7.18. The van der Waals surface area contributed by atoms with Crippen molar-refractivity contribution in [2.24, 2.45) is 7.05 Å². The first-order valence-electron chi connectivity index (χ1n) is 12.1. The van der Waals surface area contributed by atoms with Crippen LogP contribution in [0.2, 0.25) is 0 Å². The van der Waals surface area contributed by atoms with Crippen LogP contribution >= 0.6 is 0 Å². The van der Waals surface area contributed by atoms with Gasteiger partial charge >= 0.3 is 6.03 Å². The van der Waals surface area contributed by atoms with E-state index in [-0.39, 0.29) is 24.5 Å². The van der Waals surface area contributed by atoms with Crippen molar-refractivity contribution in [3.05, 3.63) is 53.9 Å². The van der Waals surface area contributed by atoms with Gasteiger partial charge in [0.15, 0.2) is 0 Å². The lowest BCUT2D eigenvalue weighted by Crippen LogP contribution is -2.50. The summed E-state index contributed by atoms with van der Waals surface area (Å²) in [7, 11) is 2.01. The van der Waals surface area contributed by atoms with Gasteiger partial charge in [0, 0.05) is 36.7 Å². The molecule has 2 saturated carbocycles. The van der Waals surface area contributed by atoms with E-state index in [1.807, 2.05) is 53.4 Å². The van der Waals surface area contributed by atoms with Crippen molar-refractivity contribution in [2.75, 3.05) is 11.9 Å². The minimum atomic E-state index is -0.152. The Balaban J connectivity index is 1.51. The van der Waals surface area contributed by atoms with Crippen molar-refractivity contribution < 1.29 is 9.59 Å². The highest BCUT2D eigenvalue weighted by Gasteiger charge is 2.36. The van der Waals surface area contributed by atoms with Gasteiger partial charge in [0.25, 0.3) is 0 Å². The van der Waals surface area contributed by atoms with Gasteiger partial charge < -0.3 is 19.7 Å². The molecule has 3 amide bonds. The van der Waals surface area contributed by atoms with Crippen LogP contribution in [0.5, 0.6) is 0 Å². The van der Waals surface area contributed by atoms with Crippen LogP contribution in [0.25, 0.3) is 0 Å². The van der Waals surface area contributed by atoms with E-state index in [2.05, 4.69) is 22.9 Å². The number of urea groups is 1. The van der Waals surface area contributed by atoms with Crippen LogP contribution in [0.3, 0.4) is 0 Å². The lowest BCUT2D eigenvalue weighted by atomic mass is 9.94. The molecule has 2 fully saturated rings. The van der Waals surface area contributed by atoms with E-state index in [0.717, 1.165) is 61.9 Å². The summed E-state index contributed by atoms with van der Waals surface area (Å²) in [5.74, 6) is 0.0539. The predicted octanol–water partition coefficient (Wildman–Crippen LogP) is 4.95. The third-order valence-electron chi connectivity index (χ3n) is 6.91. The maximum Gasteiger partial charge on any atom is 0.322 e. The Labute approximate surface area is 191 Å². The van der Waals surface area contributed by atoms with Crippen molar-refractivity contribution >= 4 is 17.6 Å². The number of hydrogen-bond donors (Lipinski definition) is 1. The predicted molar refractivity (Wildman–Crippen MR) is 127 cm³/mol. The van der Waals surface area contributed by atoms with Crippen LogP contribution in [-0.2, 0) is 24.8 Å². The summed E-state index contributed by atoms with van der Waals surface area (Å²) in [6.45, 7) is 2.84. The molecule has 0 bridgehead atoms. The summed E-state index contributed by atoms with van der Waals surface area (Å²) in [6.07, 6.45) is 10.3. The summed E-state index contributed by atoms with van der Waals surface area (Å²) in [5.41, 5.74) is 3.07. The molecule has 172 valence electrons. The van der Waals surface area contributed by atoms with Gasteiger partial charge in [-0.3, -0.25) is 4.79 Å². The van der Waals surface area contributed by atoms with Crippen LogP contribution in [0.1, 0.15) is 63.1 Å². The van der Waals surface area contributed by atoms with E-state index in [4.69, 9.17) is 0 Å². The zero-order chi connectivity index (χ0) is 22.5. The normalized spacial score (nSPS) is 16.6. The van der Waals surface area contributed by atoms with Gasteiger partial charge in [-0.05, 0) is 55.9 Å². The highest BCUT2D eigenvalue weighted by atomic mass is 16.2. The number of aromatic nitrogens is 1. The average molecular weight is 437 g/mol. The third kappa shape index (κ3) is 5.34. The Morgan fingerprint density at radius 3 is 2.34 bits per heavy atom. The molecule has 2 aliphatic carbocycles. The molecule has 2 aromatic rings. The van der Waals surface area contributed by atoms with Crippen molar-refractivity contribution in [3.8, 4) is 0 Å². The molecule has 0 radical (unpaired) electrons. The first kappa shape index (κ1) is 22.4. The molecule has 0 spiro atoms. The largest absolute Gasteiger partial charge is 0.353 e. The summed E-state index contributed by atoms with van der Waals surface area (Å²) in [5, 5.41) is 3.11. The molecule has 6 nitrogen and oxygen atoms in total. The second kappa shape index (κ2) is 10.2. The van der Waals surface area contributed by atoms with Gasteiger partial charge in [0.1, 0.15) is 6.54 Å². The fraction of sp³-hybridized carbons (Fsp3) is 0.538. The van der Waals surface area contributed by atoms with Gasteiger partial charge in [0.05, 0.1) is 6.54 Å². The second-order valence-electron chi connectivity index (χ2n) is 9.22.